The van der Waals surface area contributed by atoms with Gasteiger partial charge in [-0.3, -0.25) is 14.4 Å². The molecule has 0 bridgehead atoms. The molecule has 2 aliphatic heterocycles. The molecular weight excluding hydrogens is 446 g/mol. The lowest BCUT2D eigenvalue weighted by atomic mass is 9.89. The van der Waals surface area contributed by atoms with Crippen LogP contribution in [-0.4, -0.2) is 61.1 Å². The van der Waals surface area contributed by atoms with E-state index >= 15 is 0 Å². The Morgan fingerprint density at radius 2 is 1.89 bits per heavy atom. The Kier molecular flexibility index (Phi) is 8.65. The van der Waals surface area contributed by atoms with Gasteiger partial charge in [0.15, 0.2) is 0 Å². The highest BCUT2D eigenvalue weighted by Gasteiger charge is 2.39. The van der Waals surface area contributed by atoms with Crippen LogP contribution in [0.1, 0.15) is 81.5 Å². The zero-order chi connectivity index (χ0) is 24.8. The second kappa shape index (κ2) is 11.9. The van der Waals surface area contributed by atoms with Gasteiger partial charge in [-0.2, -0.15) is 0 Å². The molecule has 2 fully saturated rings. The molecule has 0 aromatic heterocycles. The molecule has 35 heavy (non-hydrogen) atoms. The Hall–Kier alpha value is -2.61. The fraction of sp³-hybridized carbons (Fsp3) is 0.667. The number of rotatable bonds is 7. The third-order valence-electron chi connectivity index (χ3n) is 7.50. The van der Waals surface area contributed by atoms with Crippen molar-refractivity contribution in [3.8, 4) is 5.75 Å². The van der Waals surface area contributed by atoms with Crippen LogP contribution in [0.15, 0.2) is 18.2 Å². The van der Waals surface area contributed by atoms with Crippen LogP contribution in [0, 0.1) is 5.92 Å². The number of benzene rings is 1. The van der Waals surface area contributed by atoms with Crippen LogP contribution in [0.5, 0.6) is 5.75 Å². The minimum Gasteiger partial charge on any atom is -0.490 e. The minimum absolute atomic E-state index is 0.0400. The van der Waals surface area contributed by atoms with Gasteiger partial charge in [0.2, 0.25) is 11.8 Å². The largest absolute Gasteiger partial charge is 0.490 e. The molecule has 192 valence electrons. The number of carbonyl (C=O) groups excluding carboxylic acids is 3. The van der Waals surface area contributed by atoms with E-state index < -0.39 is 0 Å². The van der Waals surface area contributed by atoms with E-state index in [0.29, 0.717) is 42.4 Å². The number of nitrogens with zero attached hydrogens (tertiary/aromatic N) is 1. The lowest BCUT2D eigenvalue weighted by molar-refractivity contribution is -0.134. The lowest BCUT2D eigenvalue weighted by Gasteiger charge is -2.42. The summed E-state index contributed by atoms with van der Waals surface area (Å²) in [5.74, 6) is 0.884. The lowest BCUT2D eigenvalue weighted by Crippen LogP contribution is -2.54. The topological polar surface area (TPSA) is 97.0 Å². The monoisotopic (exact) mass is 485 g/mol. The molecule has 1 saturated carbocycles. The van der Waals surface area contributed by atoms with Crippen molar-refractivity contribution in [3.05, 3.63) is 23.8 Å². The number of ether oxygens (including phenoxy) is 2. The second-order valence-electron chi connectivity index (χ2n) is 10.2. The predicted octanol–water partition coefficient (Wildman–Crippen LogP) is 3.89. The van der Waals surface area contributed by atoms with E-state index in [9.17, 15) is 14.4 Å². The molecule has 8 heteroatoms. The second-order valence-corrected chi connectivity index (χ2v) is 10.2. The van der Waals surface area contributed by atoms with Crippen molar-refractivity contribution in [1.82, 2.24) is 10.2 Å². The molecule has 4 rings (SSSR count). The predicted molar refractivity (Wildman–Crippen MR) is 133 cm³/mol. The van der Waals surface area contributed by atoms with E-state index in [-0.39, 0.29) is 36.0 Å². The number of amides is 3. The van der Waals surface area contributed by atoms with Gasteiger partial charge in [0.05, 0.1) is 24.1 Å². The first-order valence-electron chi connectivity index (χ1n) is 13.2. The molecule has 1 aromatic carbocycles. The third-order valence-corrected chi connectivity index (χ3v) is 7.50. The fourth-order valence-corrected chi connectivity index (χ4v) is 5.48. The van der Waals surface area contributed by atoms with Crippen LogP contribution in [0.4, 0.5) is 5.69 Å². The van der Waals surface area contributed by atoms with Gasteiger partial charge >= 0.3 is 0 Å². The van der Waals surface area contributed by atoms with Crippen LogP contribution < -0.4 is 15.4 Å². The molecule has 8 nitrogen and oxygen atoms in total. The number of nitrogens with one attached hydrogen (secondary N) is 2. The van der Waals surface area contributed by atoms with E-state index in [1.54, 1.807) is 30.1 Å². The Bertz CT molecular complexity index is 914. The smallest absolute Gasteiger partial charge is 0.257 e. The van der Waals surface area contributed by atoms with E-state index in [4.69, 9.17) is 9.47 Å². The number of carbonyl (C=O) groups is 3. The highest BCUT2D eigenvalue weighted by Crippen LogP contribution is 2.32. The van der Waals surface area contributed by atoms with Gasteiger partial charge in [0, 0.05) is 25.7 Å². The van der Waals surface area contributed by atoms with Gasteiger partial charge in [0.25, 0.3) is 5.91 Å². The summed E-state index contributed by atoms with van der Waals surface area (Å²) in [5, 5.41) is 5.95. The fourth-order valence-electron chi connectivity index (χ4n) is 5.48. The van der Waals surface area contributed by atoms with Crippen molar-refractivity contribution < 1.29 is 23.9 Å². The maximum Gasteiger partial charge on any atom is 0.257 e. The van der Waals surface area contributed by atoms with Gasteiger partial charge in [-0.1, -0.05) is 26.2 Å². The van der Waals surface area contributed by atoms with Gasteiger partial charge in [-0.05, 0) is 56.2 Å². The SMILES string of the molecule is CCCC(=O)Nc1ccc2c(c1)C(=O)N(C)[C@@H]1CC[C@@H](CC(=O)NCC3CCCCC3)O[C@@H]1CO2. The van der Waals surface area contributed by atoms with Gasteiger partial charge in [-0.25, -0.2) is 0 Å². The average Bonchev–Trinajstić information content (AvgIpc) is 2.86. The Morgan fingerprint density at radius 1 is 1.09 bits per heavy atom. The minimum atomic E-state index is -0.300. The Balaban J connectivity index is 1.35. The number of fused-ring (bicyclic) bond motifs is 2. The zero-order valence-electron chi connectivity index (χ0n) is 21.0. The molecule has 3 aliphatic rings. The summed E-state index contributed by atoms with van der Waals surface area (Å²) in [4.78, 5) is 39.6. The Morgan fingerprint density at radius 3 is 2.66 bits per heavy atom. The summed E-state index contributed by atoms with van der Waals surface area (Å²) >= 11 is 0. The average molecular weight is 486 g/mol. The van der Waals surface area contributed by atoms with Crippen molar-refractivity contribution in [1.29, 1.82) is 0 Å². The number of likely N-dealkylation sites (N-methyl/N-ethyl adjacent to an activating group) is 1. The molecule has 3 atom stereocenters. The third kappa shape index (κ3) is 6.54. The summed E-state index contributed by atoms with van der Waals surface area (Å²) in [5.41, 5.74) is 1.02. The molecule has 2 N–H and O–H groups in total. The maximum absolute atomic E-state index is 13.3. The first-order valence-corrected chi connectivity index (χ1v) is 13.2. The van der Waals surface area contributed by atoms with Crippen molar-refractivity contribution in [2.75, 3.05) is 25.5 Å². The first-order chi connectivity index (χ1) is 16.9. The summed E-state index contributed by atoms with van der Waals surface area (Å²) in [6, 6.07) is 5.03. The zero-order valence-corrected chi connectivity index (χ0v) is 21.0. The first kappa shape index (κ1) is 25.5. The standard InChI is InChI=1S/C27H39N3O5/c1-3-7-25(31)29-19-10-13-23-21(14-19)27(33)30(2)22-12-11-20(35-24(22)17-34-23)15-26(32)28-16-18-8-5-4-6-9-18/h10,13-14,18,20,22,24H,3-9,11-12,15-17H2,1-2H3,(H,28,32)(H,29,31)/t20-,22+,24+/m0/s1. The molecular formula is C27H39N3O5. The molecule has 0 radical (unpaired) electrons. The Labute approximate surface area is 208 Å². The number of anilines is 1. The summed E-state index contributed by atoms with van der Waals surface area (Å²) in [6.07, 6.45) is 8.76. The van der Waals surface area contributed by atoms with Gasteiger partial charge in [0.1, 0.15) is 18.5 Å². The van der Waals surface area contributed by atoms with E-state index in [2.05, 4.69) is 10.6 Å². The molecule has 1 aromatic rings. The molecule has 1 aliphatic carbocycles. The normalized spacial score (nSPS) is 24.9. The van der Waals surface area contributed by atoms with Crippen LogP contribution in [0.3, 0.4) is 0 Å². The van der Waals surface area contributed by atoms with Gasteiger partial charge < -0.3 is 25.0 Å². The highest BCUT2D eigenvalue weighted by atomic mass is 16.5. The molecule has 0 spiro atoms. The van der Waals surface area contributed by atoms with Gasteiger partial charge in [-0.15, -0.1) is 0 Å². The quantitative estimate of drug-likeness (QED) is 0.611. The molecule has 2 heterocycles. The summed E-state index contributed by atoms with van der Waals surface area (Å²) in [7, 11) is 1.79. The van der Waals surface area contributed by atoms with E-state index in [0.717, 1.165) is 25.8 Å². The van der Waals surface area contributed by atoms with Crippen molar-refractivity contribution in [2.45, 2.75) is 89.4 Å². The molecule has 0 unspecified atom stereocenters. The maximum atomic E-state index is 13.3. The van der Waals surface area contributed by atoms with E-state index in [1.165, 1.54) is 32.1 Å². The van der Waals surface area contributed by atoms with Crippen LogP contribution in [-0.2, 0) is 14.3 Å². The number of hydrogen-bond acceptors (Lipinski definition) is 5. The van der Waals surface area contributed by atoms with Crippen LogP contribution >= 0.6 is 0 Å². The van der Waals surface area contributed by atoms with Crippen molar-refractivity contribution >= 4 is 23.4 Å². The van der Waals surface area contributed by atoms with Crippen LogP contribution in [0.25, 0.3) is 0 Å². The van der Waals surface area contributed by atoms with Crippen molar-refractivity contribution in [2.24, 2.45) is 5.92 Å². The summed E-state index contributed by atoms with van der Waals surface area (Å²) < 4.78 is 12.3. The highest BCUT2D eigenvalue weighted by molar-refractivity contribution is 5.99. The molecule has 3 amide bonds. The van der Waals surface area contributed by atoms with Crippen molar-refractivity contribution in [3.63, 3.8) is 0 Å². The van der Waals surface area contributed by atoms with Crippen LogP contribution in [0.2, 0.25) is 0 Å². The number of hydrogen-bond donors (Lipinski definition) is 2. The van der Waals surface area contributed by atoms with E-state index in [1.807, 2.05) is 6.92 Å². The molecule has 1 saturated heterocycles. The summed E-state index contributed by atoms with van der Waals surface area (Å²) in [6.45, 7) is 3.01.